The molecule has 0 bridgehead atoms. The first-order chi connectivity index (χ1) is 9.85. The van der Waals surface area contributed by atoms with Gasteiger partial charge in [-0.3, -0.25) is 9.82 Å². The van der Waals surface area contributed by atoms with Crippen LogP contribution in [0.3, 0.4) is 0 Å². The van der Waals surface area contributed by atoms with Crippen LogP contribution >= 0.6 is 15.9 Å². The number of nitrogens with zero attached hydrogens (tertiary/aromatic N) is 1. The minimum absolute atomic E-state index is 0.0822. The number of nitrogens with one attached hydrogen (secondary N) is 2. The van der Waals surface area contributed by atoms with Crippen LogP contribution in [0.25, 0.3) is 0 Å². The average Bonchev–Trinajstić information content (AvgIpc) is 2.72. The van der Waals surface area contributed by atoms with E-state index in [1.807, 2.05) is 0 Å². The van der Waals surface area contributed by atoms with Gasteiger partial charge in [0.15, 0.2) is 0 Å². The highest BCUT2D eigenvalue weighted by atomic mass is 79.9. The zero-order chi connectivity index (χ0) is 15.6. The van der Waals surface area contributed by atoms with E-state index in [0.717, 1.165) is 0 Å². The zero-order valence-corrected chi connectivity index (χ0v) is 14.3. The van der Waals surface area contributed by atoms with Crippen molar-refractivity contribution in [3.8, 4) is 5.75 Å². The molecule has 0 saturated carbocycles. The smallest absolute Gasteiger partial charge is 0.265 e. The van der Waals surface area contributed by atoms with Crippen LogP contribution in [0.4, 0.5) is 5.69 Å². The molecule has 2 rings (SSSR count). The van der Waals surface area contributed by atoms with Gasteiger partial charge in [-0.2, -0.15) is 5.10 Å². The molecule has 2 N–H and O–H groups in total. The van der Waals surface area contributed by atoms with E-state index in [4.69, 9.17) is 4.74 Å². The van der Waals surface area contributed by atoms with Crippen LogP contribution in [-0.4, -0.2) is 25.2 Å². The molecule has 0 aliphatic rings. The van der Waals surface area contributed by atoms with Crippen molar-refractivity contribution in [3.63, 3.8) is 0 Å². The molecular weight excluding hydrogens is 358 g/mol. The molecular formula is C13H16BrN3O3S. The van der Waals surface area contributed by atoms with Gasteiger partial charge in [0.25, 0.3) is 10.0 Å². The second-order valence-electron chi connectivity index (χ2n) is 4.44. The Morgan fingerprint density at radius 2 is 2.10 bits per heavy atom. The fourth-order valence-electron chi connectivity index (χ4n) is 1.86. The van der Waals surface area contributed by atoms with Crippen molar-refractivity contribution in [1.82, 2.24) is 10.2 Å². The van der Waals surface area contributed by atoms with Crippen LogP contribution in [-0.2, 0) is 10.0 Å². The summed E-state index contributed by atoms with van der Waals surface area (Å²) in [5.41, 5.74) is 1.70. The normalized spacial score (nSPS) is 11.4. The fraction of sp³-hybridized carbons (Fsp3) is 0.308. The van der Waals surface area contributed by atoms with Crippen LogP contribution in [0.2, 0.25) is 0 Å². The number of benzene rings is 1. The maximum Gasteiger partial charge on any atom is 0.265 e. The lowest BCUT2D eigenvalue weighted by atomic mass is 10.3. The topological polar surface area (TPSA) is 84.1 Å². The summed E-state index contributed by atoms with van der Waals surface area (Å²) in [5, 5.41) is 6.72. The maximum atomic E-state index is 12.6. The maximum absolute atomic E-state index is 12.6. The highest BCUT2D eigenvalue weighted by Crippen LogP contribution is 2.30. The highest BCUT2D eigenvalue weighted by Gasteiger charge is 2.22. The molecule has 0 fully saturated rings. The van der Waals surface area contributed by atoms with Crippen molar-refractivity contribution < 1.29 is 13.2 Å². The van der Waals surface area contributed by atoms with Crippen LogP contribution < -0.4 is 9.46 Å². The minimum atomic E-state index is -3.77. The number of halogens is 1. The van der Waals surface area contributed by atoms with E-state index < -0.39 is 10.0 Å². The number of hydrogen-bond donors (Lipinski definition) is 2. The van der Waals surface area contributed by atoms with Crippen molar-refractivity contribution in [2.75, 3.05) is 11.3 Å². The lowest BCUT2D eigenvalue weighted by Gasteiger charge is -2.13. The fourth-order valence-corrected chi connectivity index (χ4v) is 3.72. The SMILES string of the molecule is CCOc1ccc(Br)cc1S(=O)(=O)Nc1c(C)n[nH]c1C. The van der Waals surface area contributed by atoms with Gasteiger partial charge in [0.1, 0.15) is 10.6 Å². The van der Waals surface area contributed by atoms with Gasteiger partial charge in [0.2, 0.25) is 0 Å². The van der Waals surface area contributed by atoms with E-state index in [1.165, 1.54) is 6.07 Å². The van der Waals surface area contributed by atoms with E-state index in [-0.39, 0.29) is 4.90 Å². The first-order valence-electron chi connectivity index (χ1n) is 6.32. The van der Waals surface area contributed by atoms with E-state index in [9.17, 15) is 8.42 Å². The quantitative estimate of drug-likeness (QED) is 0.843. The lowest BCUT2D eigenvalue weighted by molar-refractivity contribution is 0.331. The third-order valence-corrected chi connectivity index (χ3v) is 4.72. The summed E-state index contributed by atoms with van der Waals surface area (Å²) in [6.45, 7) is 5.66. The highest BCUT2D eigenvalue weighted by molar-refractivity contribution is 9.10. The van der Waals surface area contributed by atoms with Gasteiger partial charge in [0, 0.05) is 4.47 Å². The average molecular weight is 374 g/mol. The molecule has 2 aromatic rings. The molecule has 0 saturated heterocycles. The third-order valence-electron chi connectivity index (χ3n) is 2.86. The molecule has 1 aromatic carbocycles. The van der Waals surface area contributed by atoms with Gasteiger partial charge in [0.05, 0.1) is 23.7 Å². The van der Waals surface area contributed by atoms with E-state index in [2.05, 4.69) is 30.8 Å². The predicted molar refractivity (Wildman–Crippen MR) is 84.2 cm³/mol. The summed E-state index contributed by atoms with van der Waals surface area (Å²) < 4.78 is 33.8. The number of aromatic nitrogens is 2. The Labute approximate surface area is 132 Å². The Morgan fingerprint density at radius 1 is 1.38 bits per heavy atom. The summed E-state index contributed by atoms with van der Waals surface area (Å²) >= 11 is 3.28. The first-order valence-corrected chi connectivity index (χ1v) is 8.59. The molecule has 6 nitrogen and oxygen atoms in total. The molecule has 114 valence electrons. The second kappa shape index (κ2) is 6.07. The standard InChI is InChI=1S/C13H16BrN3O3S/c1-4-20-11-6-5-10(14)7-12(11)21(18,19)17-13-8(2)15-16-9(13)3/h5-7,17H,4H2,1-3H3,(H,15,16). The van der Waals surface area contributed by atoms with Crippen molar-refractivity contribution in [2.24, 2.45) is 0 Å². The largest absolute Gasteiger partial charge is 0.492 e. The Morgan fingerprint density at radius 3 is 2.67 bits per heavy atom. The summed E-state index contributed by atoms with van der Waals surface area (Å²) in [5.74, 6) is 0.312. The van der Waals surface area contributed by atoms with Crippen LogP contribution in [0.15, 0.2) is 27.6 Å². The van der Waals surface area contributed by atoms with E-state index in [1.54, 1.807) is 32.9 Å². The van der Waals surface area contributed by atoms with Crippen LogP contribution in [0.1, 0.15) is 18.3 Å². The molecule has 0 amide bonds. The molecule has 0 aliphatic heterocycles. The van der Waals surface area contributed by atoms with E-state index >= 15 is 0 Å². The van der Waals surface area contributed by atoms with Crippen molar-refractivity contribution in [3.05, 3.63) is 34.1 Å². The number of aryl methyl sites for hydroxylation is 2. The van der Waals surface area contributed by atoms with E-state index in [0.29, 0.717) is 33.9 Å². The summed E-state index contributed by atoms with van der Waals surface area (Å²) in [6.07, 6.45) is 0. The molecule has 1 aromatic heterocycles. The Balaban J connectivity index is 2.47. The number of rotatable bonds is 5. The molecule has 0 radical (unpaired) electrons. The van der Waals surface area contributed by atoms with Crippen LogP contribution in [0, 0.1) is 13.8 Å². The van der Waals surface area contributed by atoms with Gasteiger partial charge in [-0.05, 0) is 39.0 Å². The number of sulfonamides is 1. The van der Waals surface area contributed by atoms with Gasteiger partial charge in [-0.1, -0.05) is 15.9 Å². The third kappa shape index (κ3) is 3.38. The number of ether oxygens (including phenoxy) is 1. The summed E-state index contributed by atoms with van der Waals surface area (Å²) in [4.78, 5) is 0.0822. The Hall–Kier alpha value is -1.54. The molecule has 0 unspecified atom stereocenters. The lowest BCUT2D eigenvalue weighted by Crippen LogP contribution is -2.15. The second-order valence-corrected chi connectivity index (χ2v) is 7.01. The molecule has 1 heterocycles. The summed E-state index contributed by atoms with van der Waals surface area (Å²) in [6, 6.07) is 4.87. The molecule has 0 aliphatic carbocycles. The van der Waals surface area contributed by atoms with Crippen molar-refractivity contribution in [2.45, 2.75) is 25.7 Å². The summed E-state index contributed by atoms with van der Waals surface area (Å²) in [7, 11) is -3.77. The number of H-pyrrole nitrogens is 1. The monoisotopic (exact) mass is 373 g/mol. The van der Waals surface area contributed by atoms with Crippen molar-refractivity contribution in [1.29, 1.82) is 0 Å². The minimum Gasteiger partial charge on any atom is -0.492 e. The van der Waals surface area contributed by atoms with Gasteiger partial charge < -0.3 is 4.74 Å². The van der Waals surface area contributed by atoms with Gasteiger partial charge >= 0.3 is 0 Å². The number of hydrogen-bond acceptors (Lipinski definition) is 4. The number of aromatic amines is 1. The van der Waals surface area contributed by atoms with Gasteiger partial charge in [-0.25, -0.2) is 8.42 Å². The molecule has 8 heteroatoms. The molecule has 0 atom stereocenters. The predicted octanol–water partition coefficient (Wildman–Crippen LogP) is 2.99. The van der Waals surface area contributed by atoms with Crippen LogP contribution in [0.5, 0.6) is 5.75 Å². The van der Waals surface area contributed by atoms with Gasteiger partial charge in [-0.15, -0.1) is 0 Å². The van der Waals surface area contributed by atoms with Crippen molar-refractivity contribution >= 4 is 31.6 Å². The Bertz CT molecular complexity index is 737. The Kier molecular flexibility index (Phi) is 4.58. The molecule has 21 heavy (non-hydrogen) atoms. The molecule has 0 spiro atoms. The first kappa shape index (κ1) is 15.8. The number of anilines is 1. The zero-order valence-electron chi connectivity index (χ0n) is 11.9.